The molecule has 26 heavy (non-hydrogen) atoms. The summed E-state index contributed by atoms with van der Waals surface area (Å²) in [6.07, 6.45) is -3.68. The molecule has 0 fully saturated rings. The van der Waals surface area contributed by atoms with Crippen molar-refractivity contribution in [2.24, 2.45) is 0 Å². The maximum absolute atomic E-state index is 13.2. The topological polar surface area (TPSA) is 34.9 Å². The highest BCUT2D eigenvalue weighted by Gasteiger charge is 2.32. The number of alkyl halides is 3. The molecular weight excluding hydrogens is 361 g/mol. The number of hydrogen-bond donors (Lipinski definition) is 0. The van der Waals surface area contributed by atoms with Crippen molar-refractivity contribution in [1.29, 1.82) is 0 Å². The molecule has 136 valence electrons. The molecule has 0 bridgehead atoms. The van der Waals surface area contributed by atoms with Crippen molar-refractivity contribution in [2.75, 3.05) is 0 Å². The van der Waals surface area contributed by atoms with Gasteiger partial charge in [-0.3, -0.25) is 9.36 Å². The zero-order valence-corrected chi connectivity index (χ0v) is 14.9. The molecule has 0 atom stereocenters. The van der Waals surface area contributed by atoms with Crippen LogP contribution in [-0.2, 0) is 18.5 Å². The van der Waals surface area contributed by atoms with Crippen LogP contribution in [0.5, 0.6) is 0 Å². The van der Waals surface area contributed by atoms with E-state index in [-0.39, 0.29) is 16.9 Å². The summed E-state index contributed by atoms with van der Waals surface area (Å²) >= 11 is 1.15. The van der Waals surface area contributed by atoms with Crippen molar-refractivity contribution in [3.8, 4) is 0 Å². The molecule has 7 heteroatoms. The van der Waals surface area contributed by atoms with Crippen molar-refractivity contribution < 1.29 is 13.2 Å². The van der Waals surface area contributed by atoms with E-state index in [1.165, 1.54) is 12.1 Å². The Morgan fingerprint density at radius 2 is 1.77 bits per heavy atom. The number of halogens is 3. The lowest BCUT2D eigenvalue weighted by molar-refractivity contribution is -0.138. The van der Waals surface area contributed by atoms with Gasteiger partial charge in [-0.15, -0.1) is 0 Å². The van der Waals surface area contributed by atoms with Crippen molar-refractivity contribution in [1.82, 2.24) is 9.55 Å². The number of fused-ring (bicyclic) bond motifs is 1. The Balaban J connectivity index is 2.00. The van der Waals surface area contributed by atoms with Crippen LogP contribution in [-0.4, -0.2) is 9.55 Å². The van der Waals surface area contributed by atoms with Crippen LogP contribution in [0.1, 0.15) is 24.5 Å². The predicted octanol–water partition coefficient (Wildman–Crippen LogP) is 5.12. The van der Waals surface area contributed by atoms with E-state index in [4.69, 9.17) is 0 Å². The van der Waals surface area contributed by atoms with Gasteiger partial charge < -0.3 is 0 Å². The molecule has 0 aliphatic carbocycles. The number of aromatic nitrogens is 2. The largest absolute Gasteiger partial charge is 0.416 e. The molecule has 0 saturated heterocycles. The summed E-state index contributed by atoms with van der Waals surface area (Å²) in [7, 11) is 0. The maximum Gasteiger partial charge on any atom is 0.416 e. The second-order valence-electron chi connectivity index (χ2n) is 5.81. The highest BCUT2D eigenvalue weighted by molar-refractivity contribution is 7.98. The van der Waals surface area contributed by atoms with E-state index < -0.39 is 11.7 Å². The molecule has 0 unspecified atom stereocenters. The second kappa shape index (κ2) is 7.53. The third-order valence-corrected chi connectivity index (χ3v) is 4.98. The molecule has 3 rings (SSSR count). The highest BCUT2D eigenvalue weighted by atomic mass is 32.2. The van der Waals surface area contributed by atoms with Crippen molar-refractivity contribution in [2.45, 2.75) is 37.0 Å². The first-order chi connectivity index (χ1) is 12.4. The fraction of sp³-hybridized carbons (Fsp3) is 0.263. The lowest BCUT2D eigenvalue weighted by Gasteiger charge is -2.14. The van der Waals surface area contributed by atoms with Crippen LogP contribution in [0.2, 0.25) is 0 Å². The smallest absolute Gasteiger partial charge is 0.287 e. The number of nitrogens with zero attached hydrogens (tertiary/aromatic N) is 2. The summed E-state index contributed by atoms with van der Waals surface area (Å²) in [5.74, 6) is 0.0875. The molecule has 0 aliphatic heterocycles. The lowest BCUT2D eigenvalue weighted by Crippen LogP contribution is -2.23. The monoisotopic (exact) mass is 378 g/mol. The molecule has 0 saturated carbocycles. The number of thioether (sulfide) groups is 1. The van der Waals surface area contributed by atoms with E-state index >= 15 is 0 Å². The Morgan fingerprint density at radius 1 is 1.08 bits per heavy atom. The van der Waals surface area contributed by atoms with Crippen molar-refractivity contribution >= 4 is 22.7 Å². The van der Waals surface area contributed by atoms with Gasteiger partial charge in [0.15, 0.2) is 5.16 Å². The Morgan fingerprint density at radius 3 is 2.50 bits per heavy atom. The Hall–Kier alpha value is -2.28. The van der Waals surface area contributed by atoms with Crippen LogP contribution in [0.4, 0.5) is 13.2 Å². The average molecular weight is 378 g/mol. The molecule has 1 heterocycles. The first kappa shape index (κ1) is 18.5. The standard InChI is InChI=1S/C19H17F3N2OS/c1-2-11-24-17(25)14-8-4-6-10-16(14)23-18(24)26-12-13-7-3-5-9-15(13)19(20,21)22/h3-10H,2,11-12H2,1H3. The molecule has 0 N–H and O–H groups in total. The van der Waals surface area contributed by atoms with Gasteiger partial charge in [0.25, 0.3) is 5.56 Å². The molecule has 2 aromatic carbocycles. The third kappa shape index (κ3) is 3.77. The Bertz CT molecular complexity index is 982. The van der Waals surface area contributed by atoms with Gasteiger partial charge in [0.2, 0.25) is 0 Å². The summed E-state index contributed by atoms with van der Waals surface area (Å²) in [6.45, 7) is 2.41. The van der Waals surface area contributed by atoms with Gasteiger partial charge in [0.05, 0.1) is 16.5 Å². The average Bonchev–Trinajstić information content (AvgIpc) is 2.62. The molecule has 0 radical (unpaired) electrons. The minimum Gasteiger partial charge on any atom is -0.287 e. The summed E-state index contributed by atoms with van der Waals surface area (Å²) in [5, 5.41) is 0.952. The molecule has 1 aromatic heterocycles. The van der Waals surface area contributed by atoms with E-state index in [0.29, 0.717) is 22.6 Å². The Labute approximate surface area is 152 Å². The van der Waals surface area contributed by atoms with Crippen LogP contribution in [0.15, 0.2) is 58.5 Å². The number of rotatable bonds is 5. The first-order valence-electron chi connectivity index (χ1n) is 8.19. The van der Waals surface area contributed by atoms with Crippen LogP contribution in [0.3, 0.4) is 0 Å². The van der Waals surface area contributed by atoms with Gasteiger partial charge in [-0.25, -0.2) is 4.98 Å². The predicted molar refractivity (Wildman–Crippen MR) is 97.3 cm³/mol. The SMILES string of the molecule is CCCn1c(SCc2ccccc2C(F)(F)F)nc2ccccc2c1=O. The van der Waals surface area contributed by atoms with Crippen LogP contribution in [0, 0.1) is 0 Å². The molecule has 0 aliphatic rings. The minimum atomic E-state index is -4.41. The van der Waals surface area contributed by atoms with Gasteiger partial charge in [0.1, 0.15) is 0 Å². The molecular formula is C19H17F3N2OS. The van der Waals surface area contributed by atoms with Gasteiger partial charge >= 0.3 is 6.18 Å². The number of benzene rings is 2. The van der Waals surface area contributed by atoms with Gasteiger partial charge in [0, 0.05) is 12.3 Å². The molecule has 3 aromatic rings. The van der Waals surface area contributed by atoms with Crippen LogP contribution < -0.4 is 5.56 Å². The van der Waals surface area contributed by atoms with E-state index in [1.54, 1.807) is 34.9 Å². The van der Waals surface area contributed by atoms with Gasteiger partial charge in [-0.1, -0.05) is 49.0 Å². The molecule has 0 amide bonds. The summed E-state index contributed by atoms with van der Waals surface area (Å²) in [6, 6.07) is 12.5. The third-order valence-electron chi connectivity index (χ3n) is 3.95. The van der Waals surface area contributed by atoms with Crippen LogP contribution >= 0.6 is 11.8 Å². The number of para-hydroxylation sites is 1. The van der Waals surface area contributed by atoms with E-state index in [1.807, 2.05) is 6.92 Å². The fourth-order valence-electron chi connectivity index (χ4n) is 2.74. The molecule has 3 nitrogen and oxygen atoms in total. The highest BCUT2D eigenvalue weighted by Crippen LogP contribution is 2.34. The zero-order valence-electron chi connectivity index (χ0n) is 14.1. The van der Waals surface area contributed by atoms with E-state index in [2.05, 4.69) is 4.98 Å². The first-order valence-corrected chi connectivity index (χ1v) is 9.18. The van der Waals surface area contributed by atoms with Crippen LogP contribution in [0.25, 0.3) is 10.9 Å². The maximum atomic E-state index is 13.2. The van der Waals surface area contributed by atoms with E-state index in [9.17, 15) is 18.0 Å². The molecule has 0 spiro atoms. The van der Waals surface area contributed by atoms with Crippen molar-refractivity contribution in [3.05, 3.63) is 70.0 Å². The van der Waals surface area contributed by atoms with Gasteiger partial charge in [-0.2, -0.15) is 13.2 Å². The second-order valence-corrected chi connectivity index (χ2v) is 6.75. The summed E-state index contributed by atoms with van der Waals surface area (Å²) in [5.41, 5.74) is -0.0892. The summed E-state index contributed by atoms with van der Waals surface area (Å²) < 4.78 is 41.0. The lowest BCUT2D eigenvalue weighted by atomic mass is 10.1. The minimum absolute atomic E-state index is 0.0875. The van der Waals surface area contributed by atoms with Gasteiger partial charge in [-0.05, 0) is 30.2 Å². The van der Waals surface area contributed by atoms with Crippen molar-refractivity contribution in [3.63, 3.8) is 0 Å². The fourth-order valence-corrected chi connectivity index (χ4v) is 3.77. The number of hydrogen-bond acceptors (Lipinski definition) is 3. The quantitative estimate of drug-likeness (QED) is 0.457. The zero-order chi connectivity index (χ0) is 18.7. The van der Waals surface area contributed by atoms with E-state index in [0.717, 1.165) is 24.2 Å². The normalized spacial score (nSPS) is 11.8. The Kier molecular flexibility index (Phi) is 5.36. The summed E-state index contributed by atoms with van der Waals surface area (Å²) in [4.78, 5) is 17.2.